The summed E-state index contributed by atoms with van der Waals surface area (Å²) in [6, 6.07) is 2.19. The first-order valence-electron chi connectivity index (χ1n) is 10.2. The summed E-state index contributed by atoms with van der Waals surface area (Å²) < 4.78 is 24.7. The van der Waals surface area contributed by atoms with Gasteiger partial charge in [0.15, 0.2) is 6.61 Å². The van der Waals surface area contributed by atoms with Crippen LogP contribution in [0.1, 0.15) is 39.5 Å². The minimum Gasteiger partial charge on any atom is -0.465 e. The molecule has 176 valence electrons. The van der Waals surface area contributed by atoms with Gasteiger partial charge in [0.1, 0.15) is 5.82 Å². The molecule has 0 aromatic heterocycles. The molecule has 10 heteroatoms. The van der Waals surface area contributed by atoms with Gasteiger partial charge in [0.25, 0.3) is 5.91 Å². The maximum Gasteiger partial charge on any atom is 0.335 e. The topological polar surface area (TPSA) is 90.0 Å². The molecule has 0 N–H and O–H groups in total. The SMILES string of the molecule is C#CCOC(=O)C1=C(C(=O)N(C(C)=O)c2cc(SCC(=O)OCC)c(Cl)cc2F)CCCC1. The second-order valence-corrected chi connectivity index (χ2v) is 8.36. The highest BCUT2D eigenvalue weighted by Crippen LogP contribution is 2.36. The number of hydrogen-bond acceptors (Lipinski definition) is 7. The number of carbonyl (C=O) groups excluding carboxylic acids is 4. The van der Waals surface area contributed by atoms with Crippen LogP contribution in [0.4, 0.5) is 10.1 Å². The lowest BCUT2D eigenvalue weighted by Gasteiger charge is -2.25. The lowest BCUT2D eigenvalue weighted by Crippen LogP contribution is -2.38. The molecule has 2 amide bonds. The summed E-state index contributed by atoms with van der Waals surface area (Å²) in [6.45, 7) is 2.72. The Balaban J connectivity index is 2.45. The number of benzene rings is 1. The predicted molar refractivity (Wildman–Crippen MR) is 122 cm³/mol. The Morgan fingerprint density at radius 3 is 2.45 bits per heavy atom. The zero-order chi connectivity index (χ0) is 24.5. The van der Waals surface area contributed by atoms with E-state index in [1.807, 2.05) is 0 Å². The van der Waals surface area contributed by atoms with Crippen molar-refractivity contribution in [2.24, 2.45) is 0 Å². The van der Waals surface area contributed by atoms with Crippen molar-refractivity contribution in [3.05, 3.63) is 34.1 Å². The smallest absolute Gasteiger partial charge is 0.335 e. The van der Waals surface area contributed by atoms with Crippen LogP contribution in [0.25, 0.3) is 0 Å². The fourth-order valence-electron chi connectivity index (χ4n) is 3.26. The molecule has 0 atom stereocenters. The third-order valence-corrected chi connectivity index (χ3v) is 6.12. The molecule has 1 aromatic rings. The molecule has 0 heterocycles. The van der Waals surface area contributed by atoms with Gasteiger partial charge in [0, 0.05) is 23.0 Å². The van der Waals surface area contributed by atoms with Crippen LogP contribution < -0.4 is 4.90 Å². The molecular formula is C23H23ClFNO6S. The maximum absolute atomic E-state index is 14.8. The maximum atomic E-state index is 14.8. The summed E-state index contributed by atoms with van der Waals surface area (Å²) in [4.78, 5) is 50.8. The number of thioether (sulfide) groups is 1. The van der Waals surface area contributed by atoms with E-state index in [1.54, 1.807) is 6.92 Å². The molecule has 1 aliphatic rings. The number of imide groups is 1. The number of rotatable bonds is 8. The fraction of sp³-hybridized carbons (Fsp3) is 0.391. The van der Waals surface area contributed by atoms with Crippen molar-refractivity contribution in [3.8, 4) is 12.3 Å². The lowest BCUT2D eigenvalue weighted by molar-refractivity contribution is -0.140. The highest BCUT2D eigenvalue weighted by molar-refractivity contribution is 8.00. The zero-order valence-corrected chi connectivity index (χ0v) is 19.8. The van der Waals surface area contributed by atoms with Crippen molar-refractivity contribution in [2.75, 3.05) is 23.9 Å². The highest BCUT2D eigenvalue weighted by atomic mass is 35.5. The molecule has 1 aliphatic carbocycles. The third kappa shape index (κ3) is 6.83. The first-order valence-corrected chi connectivity index (χ1v) is 11.5. The summed E-state index contributed by atoms with van der Waals surface area (Å²) in [5, 5.41) is 0.0110. The van der Waals surface area contributed by atoms with E-state index >= 15 is 0 Å². The summed E-state index contributed by atoms with van der Waals surface area (Å²) in [7, 11) is 0. The van der Waals surface area contributed by atoms with Gasteiger partial charge in [0.2, 0.25) is 5.91 Å². The molecule has 0 bridgehead atoms. The average molecular weight is 496 g/mol. The molecule has 7 nitrogen and oxygen atoms in total. The average Bonchev–Trinajstić information content (AvgIpc) is 2.78. The van der Waals surface area contributed by atoms with E-state index in [0.29, 0.717) is 17.7 Å². The molecule has 2 rings (SSSR count). The Labute approximate surface area is 200 Å². The Kier molecular flexibility index (Phi) is 9.95. The van der Waals surface area contributed by atoms with E-state index in [2.05, 4.69) is 5.92 Å². The molecule has 0 saturated carbocycles. The molecule has 0 spiro atoms. The zero-order valence-electron chi connectivity index (χ0n) is 18.2. The van der Waals surface area contributed by atoms with Crippen LogP contribution in [0.5, 0.6) is 0 Å². The van der Waals surface area contributed by atoms with Crippen molar-refractivity contribution >= 4 is 52.8 Å². The molecule has 0 aliphatic heterocycles. The van der Waals surface area contributed by atoms with E-state index in [9.17, 15) is 23.6 Å². The van der Waals surface area contributed by atoms with Crippen LogP contribution in [0.15, 0.2) is 28.2 Å². The molecule has 0 saturated heterocycles. The normalized spacial score (nSPS) is 13.2. The highest BCUT2D eigenvalue weighted by Gasteiger charge is 2.32. The number of hydrogen-bond donors (Lipinski definition) is 0. The minimum atomic E-state index is -0.906. The van der Waals surface area contributed by atoms with Crippen LogP contribution in [-0.4, -0.2) is 42.7 Å². The minimum absolute atomic E-state index is 0.0110. The van der Waals surface area contributed by atoms with Gasteiger partial charge in [0.05, 0.1) is 23.1 Å². The molecule has 1 aromatic carbocycles. The fourth-order valence-corrected chi connectivity index (χ4v) is 4.32. The van der Waals surface area contributed by atoms with Crippen LogP contribution >= 0.6 is 23.4 Å². The predicted octanol–water partition coefficient (Wildman–Crippen LogP) is 4.06. The van der Waals surface area contributed by atoms with Crippen LogP contribution in [0.3, 0.4) is 0 Å². The number of anilines is 1. The van der Waals surface area contributed by atoms with Crippen molar-refractivity contribution < 1.29 is 33.0 Å². The molecule has 0 unspecified atom stereocenters. The van der Waals surface area contributed by atoms with Gasteiger partial charge < -0.3 is 9.47 Å². The Morgan fingerprint density at radius 2 is 1.85 bits per heavy atom. The number of ether oxygens (including phenoxy) is 2. The van der Waals surface area contributed by atoms with E-state index in [-0.39, 0.29) is 58.6 Å². The number of amides is 2. The standard InChI is InChI=1S/C23H23ClFNO6S/c1-4-10-32-23(30)16-9-7-6-8-15(16)22(29)26(14(3)27)19-12-20(17(24)11-18(19)25)33-13-21(28)31-5-2/h1,11-12H,5-10,13H2,2-3H3. The Bertz CT molecular complexity index is 1030. The molecule has 0 radical (unpaired) electrons. The third-order valence-electron chi connectivity index (χ3n) is 4.67. The molecule has 0 fully saturated rings. The van der Waals surface area contributed by atoms with E-state index in [0.717, 1.165) is 24.8 Å². The van der Waals surface area contributed by atoms with E-state index in [4.69, 9.17) is 27.5 Å². The van der Waals surface area contributed by atoms with Gasteiger partial charge in [-0.2, -0.15) is 0 Å². The van der Waals surface area contributed by atoms with Crippen LogP contribution in [0.2, 0.25) is 5.02 Å². The number of carbonyl (C=O) groups is 4. The second kappa shape index (κ2) is 12.4. The van der Waals surface area contributed by atoms with E-state index in [1.165, 1.54) is 6.07 Å². The van der Waals surface area contributed by atoms with Crippen molar-refractivity contribution in [3.63, 3.8) is 0 Å². The van der Waals surface area contributed by atoms with Gasteiger partial charge in [-0.15, -0.1) is 18.2 Å². The summed E-state index contributed by atoms with van der Waals surface area (Å²) >= 11 is 7.08. The lowest BCUT2D eigenvalue weighted by atomic mass is 9.90. The van der Waals surface area contributed by atoms with Gasteiger partial charge in [-0.3, -0.25) is 14.4 Å². The summed E-state index contributed by atoms with van der Waals surface area (Å²) in [5.74, 6) is -1.62. The van der Waals surface area contributed by atoms with Crippen LogP contribution in [0, 0.1) is 18.2 Å². The first kappa shape index (κ1) is 26.4. The van der Waals surface area contributed by atoms with Gasteiger partial charge in [-0.05, 0) is 44.7 Å². The molecule has 33 heavy (non-hydrogen) atoms. The van der Waals surface area contributed by atoms with Gasteiger partial charge in [-0.1, -0.05) is 17.5 Å². The second-order valence-electron chi connectivity index (χ2n) is 6.93. The monoisotopic (exact) mass is 495 g/mol. The summed E-state index contributed by atoms with van der Waals surface area (Å²) in [5.41, 5.74) is -0.134. The van der Waals surface area contributed by atoms with Crippen LogP contribution in [-0.2, 0) is 28.7 Å². The number of terminal acetylenes is 1. The quantitative estimate of drug-likeness (QED) is 0.305. The summed E-state index contributed by atoms with van der Waals surface area (Å²) in [6.07, 6.45) is 6.89. The van der Waals surface area contributed by atoms with Crippen molar-refractivity contribution in [1.29, 1.82) is 0 Å². The Morgan fingerprint density at radius 1 is 1.18 bits per heavy atom. The van der Waals surface area contributed by atoms with Crippen molar-refractivity contribution in [1.82, 2.24) is 0 Å². The molecular weight excluding hydrogens is 473 g/mol. The van der Waals surface area contributed by atoms with E-state index < -0.39 is 29.6 Å². The number of esters is 2. The Hall–Kier alpha value is -2.83. The first-order chi connectivity index (χ1) is 15.7. The van der Waals surface area contributed by atoms with Gasteiger partial charge in [-0.25, -0.2) is 14.1 Å². The largest absolute Gasteiger partial charge is 0.465 e. The number of nitrogens with zero attached hydrogens (tertiary/aromatic N) is 1. The van der Waals surface area contributed by atoms with Crippen molar-refractivity contribution in [2.45, 2.75) is 44.4 Å². The number of halogens is 2. The van der Waals surface area contributed by atoms with Gasteiger partial charge >= 0.3 is 11.9 Å².